The Morgan fingerprint density at radius 1 is 0.875 bits per heavy atom. The van der Waals surface area contributed by atoms with Crippen LogP contribution in [-0.2, 0) is 16.0 Å². The van der Waals surface area contributed by atoms with Gasteiger partial charge in [-0.25, -0.2) is 4.79 Å². The van der Waals surface area contributed by atoms with Crippen molar-refractivity contribution in [2.45, 2.75) is 87.9 Å². The zero-order valence-corrected chi connectivity index (χ0v) is 18.9. The van der Waals surface area contributed by atoms with Crippen LogP contribution in [0.25, 0.3) is 0 Å². The summed E-state index contributed by atoms with van der Waals surface area (Å²) in [6.07, 6.45) is 7.37. The standard InChI is InChI=1S/C28H36O4/c29-26(23-16-8-3-9-17-23)28(31,20-21-12-4-1-5-13-21)27(30)32-25-19-11-10-18-24(25)22-14-6-2-7-15-22/h1-2,4-7,12-15,23-26,29,31H,3,8-11,16-20H2/t24-,25+,26-,28+/m0/s1. The topological polar surface area (TPSA) is 66.8 Å². The molecule has 2 aliphatic carbocycles. The first-order valence-electron chi connectivity index (χ1n) is 12.3. The number of hydrogen-bond acceptors (Lipinski definition) is 4. The number of carbonyl (C=O) groups excluding carboxylic acids is 1. The van der Waals surface area contributed by atoms with Crippen LogP contribution < -0.4 is 0 Å². The monoisotopic (exact) mass is 436 g/mol. The fourth-order valence-electron chi connectivity index (χ4n) is 5.60. The number of benzene rings is 2. The number of esters is 1. The largest absolute Gasteiger partial charge is 0.460 e. The first kappa shape index (κ1) is 23.0. The highest BCUT2D eigenvalue weighted by Gasteiger charge is 2.49. The molecule has 0 bridgehead atoms. The highest BCUT2D eigenvalue weighted by Crippen LogP contribution is 2.38. The van der Waals surface area contributed by atoms with E-state index < -0.39 is 17.7 Å². The van der Waals surface area contributed by atoms with E-state index in [1.807, 2.05) is 48.5 Å². The van der Waals surface area contributed by atoms with Gasteiger partial charge in [-0.2, -0.15) is 0 Å². The van der Waals surface area contributed by atoms with Gasteiger partial charge in [-0.3, -0.25) is 0 Å². The van der Waals surface area contributed by atoms with Crippen LogP contribution in [0.15, 0.2) is 60.7 Å². The van der Waals surface area contributed by atoms with Gasteiger partial charge in [0.1, 0.15) is 6.10 Å². The van der Waals surface area contributed by atoms with Crippen molar-refractivity contribution < 1.29 is 19.7 Å². The first-order chi connectivity index (χ1) is 15.6. The molecule has 2 aromatic rings. The maximum atomic E-state index is 13.6. The van der Waals surface area contributed by atoms with Crippen LogP contribution in [0.1, 0.15) is 74.8 Å². The lowest BCUT2D eigenvalue weighted by molar-refractivity contribution is -0.191. The van der Waals surface area contributed by atoms with Gasteiger partial charge in [0.25, 0.3) is 0 Å². The Bertz CT molecular complexity index is 846. The Morgan fingerprint density at radius 2 is 1.47 bits per heavy atom. The Morgan fingerprint density at radius 3 is 2.16 bits per heavy atom. The number of hydrogen-bond donors (Lipinski definition) is 2. The van der Waals surface area contributed by atoms with Crippen LogP contribution in [0.3, 0.4) is 0 Å². The summed E-state index contributed by atoms with van der Waals surface area (Å²) >= 11 is 0. The molecule has 0 aliphatic heterocycles. The van der Waals surface area contributed by atoms with Crippen molar-refractivity contribution in [2.24, 2.45) is 5.92 Å². The summed E-state index contributed by atoms with van der Waals surface area (Å²) < 4.78 is 6.06. The molecule has 4 atom stereocenters. The van der Waals surface area contributed by atoms with E-state index in [0.29, 0.717) is 0 Å². The smallest absolute Gasteiger partial charge is 0.341 e. The number of aliphatic hydroxyl groups excluding tert-OH is 1. The van der Waals surface area contributed by atoms with E-state index in [-0.39, 0.29) is 24.4 Å². The summed E-state index contributed by atoms with van der Waals surface area (Å²) in [5, 5.41) is 23.0. The fourth-order valence-corrected chi connectivity index (χ4v) is 5.60. The normalized spacial score (nSPS) is 24.9. The minimum absolute atomic E-state index is 0.0626. The molecule has 0 aromatic heterocycles. The van der Waals surface area contributed by atoms with Crippen molar-refractivity contribution >= 4 is 5.97 Å². The number of ether oxygens (including phenoxy) is 1. The molecule has 0 spiro atoms. The molecule has 4 rings (SSSR count). The molecule has 0 radical (unpaired) electrons. The third kappa shape index (κ3) is 5.24. The molecule has 32 heavy (non-hydrogen) atoms. The summed E-state index contributed by atoms with van der Waals surface area (Å²) in [5.74, 6) is -0.629. The van der Waals surface area contributed by atoms with Gasteiger partial charge >= 0.3 is 5.97 Å². The Kier molecular flexibility index (Phi) is 7.64. The van der Waals surface area contributed by atoms with E-state index >= 15 is 0 Å². The van der Waals surface area contributed by atoms with Gasteiger partial charge in [0, 0.05) is 12.3 Å². The summed E-state index contributed by atoms with van der Waals surface area (Å²) in [6.45, 7) is 0. The average Bonchev–Trinajstić information content (AvgIpc) is 2.85. The second kappa shape index (κ2) is 10.6. The van der Waals surface area contributed by atoms with Gasteiger partial charge in [0.05, 0.1) is 6.10 Å². The van der Waals surface area contributed by atoms with Gasteiger partial charge < -0.3 is 14.9 Å². The van der Waals surface area contributed by atoms with Crippen LogP contribution in [0.4, 0.5) is 0 Å². The molecule has 4 heteroatoms. The molecular weight excluding hydrogens is 400 g/mol. The molecule has 0 saturated heterocycles. The van der Waals surface area contributed by atoms with Crippen LogP contribution >= 0.6 is 0 Å². The van der Waals surface area contributed by atoms with Gasteiger partial charge in [-0.15, -0.1) is 0 Å². The number of rotatable bonds is 7. The third-order valence-corrected chi connectivity index (χ3v) is 7.44. The second-order valence-corrected chi connectivity index (χ2v) is 9.67. The van der Waals surface area contributed by atoms with Crippen molar-refractivity contribution in [3.05, 3.63) is 71.8 Å². The molecule has 0 heterocycles. The van der Waals surface area contributed by atoms with Crippen LogP contribution in [0, 0.1) is 5.92 Å². The van der Waals surface area contributed by atoms with Crippen LogP contribution in [0.5, 0.6) is 0 Å². The van der Waals surface area contributed by atoms with Gasteiger partial charge in [-0.1, -0.05) is 86.3 Å². The van der Waals surface area contributed by atoms with Crippen molar-refractivity contribution in [1.29, 1.82) is 0 Å². The second-order valence-electron chi connectivity index (χ2n) is 9.67. The first-order valence-corrected chi connectivity index (χ1v) is 12.3. The predicted molar refractivity (Wildman–Crippen MR) is 125 cm³/mol. The lowest BCUT2D eigenvalue weighted by Gasteiger charge is -2.39. The van der Waals surface area contributed by atoms with Gasteiger partial charge in [0.2, 0.25) is 0 Å². The zero-order valence-electron chi connectivity index (χ0n) is 18.9. The minimum atomic E-state index is -1.94. The van der Waals surface area contributed by atoms with E-state index in [0.717, 1.165) is 63.4 Å². The molecule has 2 N–H and O–H groups in total. The van der Waals surface area contributed by atoms with Crippen molar-refractivity contribution in [3.63, 3.8) is 0 Å². The molecule has 2 fully saturated rings. The van der Waals surface area contributed by atoms with Gasteiger partial charge in [0.15, 0.2) is 5.60 Å². The molecule has 4 nitrogen and oxygen atoms in total. The minimum Gasteiger partial charge on any atom is -0.460 e. The van der Waals surface area contributed by atoms with Crippen molar-refractivity contribution in [1.82, 2.24) is 0 Å². The molecule has 2 aliphatic rings. The quantitative estimate of drug-likeness (QED) is 0.588. The lowest BCUT2D eigenvalue weighted by Crippen LogP contribution is -2.56. The Hall–Kier alpha value is -2.17. The summed E-state index contributed by atoms with van der Waals surface area (Å²) in [6, 6.07) is 19.7. The maximum Gasteiger partial charge on any atom is 0.341 e. The van der Waals surface area contributed by atoms with E-state index in [2.05, 4.69) is 12.1 Å². The summed E-state index contributed by atoms with van der Waals surface area (Å²) in [4.78, 5) is 13.6. The van der Waals surface area contributed by atoms with Crippen LogP contribution in [0.2, 0.25) is 0 Å². The number of carbonyl (C=O) groups is 1. The molecule has 2 aromatic carbocycles. The fraction of sp³-hybridized carbons (Fsp3) is 0.536. The summed E-state index contributed by atoms with van der Waals surface area (Å²) in [7, 11) is 0. The van der Waals surface area contributed by atoms with E-state index in [1.54, 1.807) is 0 Å². The lowest BCUT2D eigenvalue weighted by atomic mass is 9.76. The third-order valence-electron chi connectivity index (χ3n) is 7.44. The summed E-state index contributed by atoms with van der Waals surface area (Å²) in [5.41, 5.74) is 0.0525. The Labute approximate surface area is 191 Å². The van der Waals surface area contributed by atoms with E-state index in [1.165, 1.54) is 5.56 Å². The SMILES string of the molecule is O=C(O[C@@H]1CCCC[C@H]1c1ccccc1)[C@@](O)(Cc1ccccc1)[C@@H](O)C1CCCCC1. The highest BCUT2D eigenvalue weighted by molar-refractivity contribution is 5.81. The maximum absolute atomic E-state index is 13.6. The zero-order chi connectivity index (χ0) is 22.4. The molecule has 172 valence electrons. The Balaban J connectivity index is 1.57. The highest BCUT2D eigenvalue weighted by atomic mass is 16.6. The molecule has 0 unspecified atom stereocenters. The van der Waals surface area contributed by atoms with Gasteiger partial charge in [-0.05, 0) is 49.1 Å². The van der Waals surface area contributed by atoms with Crippen molar-refractivity contribution in [3.8, 4) is 0 Å². The molecule has 2 saturated carbocycles. The van der Waals surface area contributed by atoms with Crippen molar-refractivity contribution in [2.75, 3.05) is 0 Å². The number of aliphatic hydroxyl groups is 2. The average molecular weight is 437 g/mol. The molecule has 0 amide bonds. The predicted octanol–water partition coefficient (Wildman–Crippen LogP) is 5.17. The van der Waals surface area contributed by atoms with E-state index in [9.17, 15) is 15.0 Å². The van der Waals surface area contributed by atoms with Crippen LogP contribution in [-0.4, -0.2) is 34.0 Å². The molecular formula is C28H36O4. The van der Waals surface area contributed by atoms with E-state index in [4.69, 9.17) is 4.74 Å².